The van der Waals surface area contributed by atoms with E-state index in [0.717, 1.165) is 24.3 Å². The van der Waals surface area contributed by atoms with E-state index in [4.69, 9.17) is 123 Å². The molecule has 7 aromatic rings. The molecule has 44 heteroatoms. The van der Waals surface area contributed by atoms with E-state index >= 15 is 0 Å². The quantitative estimate of drug-likeness (QED) is 0.0427. The number of nitrogens with zero attached hydrogens (tertiary/aromatic N) is 7. The highest BCUT2D eigenvalue weighted by molar-refractivity contribution is 9.11. The van der Waals surface area contributed by atoms with Gasteiger partial charge in [0.2, 0.25) is 5.43 Å². The summed E-state index contributed by atoms with van der Waals surface area (Å²) in [4.78, 5) is 184. The van der Waals surface area contributed by atoms with Crippen molar-refractivity contribution in [2.45, 2.75) is 109 Å². The van der Waals surface area contributed by atoms with Gasteiger partial charge >= 0.3 is 83.6 Å². The number of nitrogens with one attached hydrogen (secondary N) is 1. The van der Waals surface area contributed by atoms with Crippen molar-refractivity contribution in [1.82, 2.24) is 34.9 Å². The molecule has 0 bridgehead atoms. The minimum atomic E-state index is -1.49. The molecule has 0 spiro atoms. The second-order valence-corrected chi connectivity index (χ2v) is 22.1. The monoisotopic (exact) mass is 1790 g/mol. The first kappa shape index (κ1) is 111. The zero-order valence-corrected chi connectivity index (χ0v) is 68.7. The number of halogens is 6. The molecule has 7 aromatic heterocycles. The average Bonchev–Trinajstić information content (AvgIpc) is 0.809. The number of methoxy groups -OCH3 is 1. The summed E-state index contributed by atoms with van der Waals surface area (Å²) in [5.41, 5.74) is -5.30. The molecular weight excluding hydrogens is 1710 g/mol. The van der Waals surface area contributed by atoms with Gasteiger partial charge in [0.05, 0.1) is 31.1 Å². The van der Waals surface area contributed by atoms with Crippen molar-refractivity contribution in [1.29, 1.82) is 0 Å². The molecule has 0 unspecified atom stereocenters. The Hall–Kier alpha value is -11.9. The third kappa shape index (κ3) is 39.0. The first-order chi connectivity index (χ1) is 52.0. The molecular formula is C68H80Br2Cl4N8O30. The fourth-order valence-corrected chi connectivity index (χ4v) is 8.13. The van der Waals surface area contributed by atoms with Crippen molar-refractivity contribution in [2.24, 2.45) is 0 Å². The van der Waals surface area contributed by atoms with Crippen LogP contribution < -0.4 is 15.1 Å². The maximum atomic E-state index is 11.4. The van der Waals surface area contributed by atoms with Gasteiger partial charge in [-0.1, -0.05) is 156 Å². The molecule has 0 aliphatic carbocycles. The van der Waals surface area contributed by atoms with E-state index in [-0.39, 0.29) is 97.1 Å². The Morgan fingerprint density at radius 1 is 0.366 bits per heavy atom. The van der Waals surface area contributed by atoms with Crippen LogP contribution in [-0.2, 0) is 5.41 Å². The Morgan fingerprint density at radius 3 is 0.830 bits per heavy atom. The number of aromatic nitrogens is 7. The molecule has 0 amide bonds. The van der Waals surface area contributed by atoms with Gasteiger partial charge in [0, 0.05) is 36.9 Å². The van der Waals surface area contributed by atoms with Gasteiger partial charge in [-0.05, 0) is 91.4 Å². The standard InChI is InChI=1S/C11H13NO4.C9H10N2O4.C8H7NO5.C7H3Br2NO5.C7H2Cl3NO4.C7H4ClNO4.C7H5NO4.6C2H6/c1-11(2,3)6-4-7(9(13)14)12-8(5-6)10(15)16;1-11(2)5-3-6(8(12)13)10-7(4-5)9(14)15;1-14-4-2-5(7(10)11)9-6(3-4)8(12)13;8-1-3(6(12)13)10-4(7(14)15)2(9)5(1)11;8-1-2(9)4(6(12)13)11-5(3(1)10)7(14)15;8-3-1-4(6(10)11)9-5(2-3)7(12)13;9-6(10)4-2-1-3-5(8-4)7(11)12;6*1-2/h4-5H,1-3H3,(H,13,14)(H,15,16);3-4H,1-2H3,(H,12,13)(H,14,15);2-3H,1H3,(H,10,11)(H,12,13);(H,10,11)(H,12,13)(H,14,15);(H,12,13)(H,14,15);1-2H,(H,10,11)(H,12,13);1-3H,(H,9,10)(H,11,12);6*1-2H3. The number of rotatable bonds is 16. The number of carboxylic acid groups (broad SMARTS) is 14. The van der Waals surface area contributed by atoms with Crippen LogP contribution >= 0.6 is 78.3 Å². The number of pyridine rings is 7. The number of aromatic amines is 1. The third-order valence-corrected chi connectivity index (χ3v) is 13.8. The van der Waals surface area contributed by atoms with Crippen LogP contribution in [0.1, 0.15) is 256 Å². The second kappa shape index (κ2) is 56.4. The van der Waals surface area contributed by atoms with E-state index in [1.165, 1.54) is 49.6 Å². The van der Waals surface area contributed by atoms with Crippen LogP contribution in [0.4, 0.5) is 5.69 Å². The van der Waals surface area contributed by atoms with Crippen LogP contribution in [0.2, 0.25) is 20.1 Å². The SMILES string of the molecule is CC.CC.CC.CC.CC.CC.CC(C)(C)c1cc(C(=O)O)nc(C(=O)O)c1.CN(C)c1cc(C(=O)O)nc(C(=O)O)c1.COc1cc(C(=O)O)nc(C(=O)O)c1.O=C(O)c1[nH]c(C(=O)O)c(Br)c(=O)c1Br.O=C(O)c1cc(Cl)cc(C(=O)O)n1.O=C(O)c1cccc(C(=O)O)n1.O=C(O)c1nc(C(=O)O)c(Cl)c(Cl)c1Cl. The summed E-state index contributed by atoms with van der Waals surface area (Å²) in [7, 11) is 4.69. The molecule has 0 fully saturated rings. The predicted octanol–water partition coefficient (Wildman–Crippen LogP) is 14.3. The molecule has 0 saturated carbocycles. The van der Waals surface area contributed by atoms with Gasteiger partial charge in [-0.3, -0.25) is 4.79 Å². The van der Waals surface area contributed by atoms with Gasteiger partial charge in [-0.15, -0.1) is 0 Å². The van der Waals surface area contributed by atoms with Gasteiger partial charge in [0.1, 0.15) is 39.9 Å². The maximum Gasteiger partial charge on any atom is 0.356 e. The summed E-state index contributed by atoms with van der Waals surface area (Å²) in [6.45, 7) is 29.6. The topological polar surface area (TPSA) is 645 Å². The molecule has 7 heterocycles. The van der Waals surface area contributed by atoms with Crippen LogP contribution in [0, 0.1) is 0 Å². The lowest BCUT2D eigenvalue weighted by Crippen LogP contribution is -2.18. The van der Waals surface area contributed by atoms with E-state index in [1.807, 2.05) is 104 Å². The summed E-state index contributed by atoms with van der Waals surface area (Å²) >= 11 is 27.6. The zero-order chi connectivity index (χ0) is 89.5. The first-order valence-electron chi connectivity index (χ1n) is 31.4. The normalized spacial score (nSPS) is 9.21. The first-order valence-corrected chi connectivity index (χ1v) is 34.5. The molecule has 614 valence electrons. The van der Waals surface area contributed by atoms with E-state index in [0.29, 0.717) is 11.3 Å². The summed E-state index contributed by atoms with van der Waals surface area (Å²) in [5.74, 6) is -18.3. The Morgan fingerprint density at radius 2 is 0.607 bits per heavy atom. The van der Waals surface area contributed by atoms with Gasteiger partial charge in [-0.2, -0.15) is 0 Å². The fraction of sp³-hybridized carbons (Fsp3) is 0.279. The smallest absolute Gasteiger partial charge is 0.356 e. The molecule has 112 heavy (non-hydrogen) atoms. The minimum Gasteiger partial charge on any atom is -0.497 e. The number of hydrogen-bond acceptors (Lipinski definition) is 23. The Bertz CT molecular complexity index is 4280. The zero-order valence-electron chi connectivity index (χ0n) is 62.5. The second-order valence-electron chi connectivity index (χ2n) is 19.0. The molecule has 15 N–H and O–H groups in total. The molecule has 0 aromatic carbocycles. The maximum absolute atomic E-state index is 11.4. The lowest BCUT2D eigenvalue weighted by atomic mass is 9.86. The highest BCUT2D eigenvalue weighted by Gasteiger charge is 2.26. The largest absolute Gasteiger partial charge is 0.497 e. The Balaban J connectivity index is -0.000000286. The molecule has 0 atom stereocenters. The molecule has 0 aliphatic rings. The van der Waals surface area contributed by atoms with Crippen molar-refractivity contribution in [2.75, 3.05) is 26.1 Å². The lowest BCUT2D eigenvalue weighted by molar-refractivity contribution is 0.0662. The number of aromatic carboxylic acids is 14. The number of anilines is 1. The summed E-state index contributed by atoms with van der Waals surface area (Å²) in [6.07, 6.45) is 0. The van der Waals surface area contributed by atoms with Crippen LogP contribution in [0.15, 0.2) is 80.5 Å². The number of carbonyl (C=O) groups is 14. The minimum absolute atomic E-state index is 0.0322. The number of ether oxygens (including phenoxy) is 1. The third-order valence-electron chi connectivity index (χ3n) is 10.7. The van der Waals surface area contributed by atoms with Crippen LogP contribution in [-0.4, -0.2) is 211 Å². The summed E-state index contributed by atoms with van der Waals surface area (Å²) in [6, 6.07) is 13.7. The number of H-pyrrole nitrogens is 1. The summed E-state index contributed by atoms with van der Waals surface area (Å²) in [5, 5.41) is 120. The number of hydrogen-bond donors (Lipinski definition) is 15. The van der Waals surface area contributed by atoms with Crippen molar-refractivity contribution in [3.05, 3.63) is 191 Å². The van der Waals surface area contributed by atoms with Crippen molar-refractivity contribution in [3.8, 4) is 5.75 Å². The van der Waals surface area contributed by atoms with Crippen LogP contribution in [0.5, 0.6) is 5.75 Å². The Kier molecular flexibility index (Phi) is 55.9. The van der Waals surface area contributed by atoms with E-state index < -0.39 is 112 Å². The van der Waals surface area contributed by atoms with Crippen LogP contribution in [0.25, 0.3) is 0 Å². The van der Waals surface area contributed by atoms with Gasteiger partial charge in [0.25, 0.3) is 0 Å². The van der Waals surface area contributed by atoms with Gasteiger partial charge < -0.3 is 86.1 Å². The average molecular weight is 1790 g/mol. The fourth-order valence-electron chi connectivity index (χ4n) is 6.06. The van der Waals surface area contributed by atoms with E-state index in [9.17, 15) is 71.9 Å². The summed E-state index contributed by atoms with van der Waals surface area (Å²) < 4.78 is 4.27. The number of carboxylic acids is 14. The van der Waals surface area contributed by atoms with E-state index in [2.05, 4.69) is 66.7 Å². The van der Waals surface area contributed by atoms with Gasteiger partial charge in [0.15, 0.2) is 45.6 Å². The van der Waals surface area contributed by atoms with Gasteiger partial charge in [-0.25, -0.2) is 97.0 Å². The van der Waals surface area contributed by atoms with Crippen molar-refractivity contribution in [3.63, 3.8) is 0 Å². The van der Waals surface area contributed by atoms with Crippen molar-refractivity contribution < 1.29 is 143 Å². The molecule has 7 rings (SSSR count). The van der Waals surface area contributed by atoms with Crippen LogP contribution in [0.3, 0.4) is 0 Å². The highest BCUT2D eigenvalue weighted by Crippen LogP contribution is 2.34. The highest BCUT2D eigenvalue weighted by atomic mass is 79.9. The molecule has 0 aliphatic heterocycles. The van der Waals surface area contributed by atoms with E-state index in [1.54, 1.807) is 19.0 Å². The molecule has 38 nitrogen and oxygen atoms in total. The Labute approximate surface area is 674 Å². The lowest BCUT2D eigenvalue weighted by Gasteiger charge is -2.19. The molecule has 0 radical (unpaired) electrons. The molecule has 0 saturated heterocycles. The van der Waals surface area contributed by atoms with Crippen molar-refractivity contribution >= 4 is 168 Å². The predicted molar refractivity (Wildman–Crippen MR) is 413 cm³/mol.